The van der Waals surface area contributed by atoms with Gasteiger partial charge >= 0.3 is 23.9 Å². The zero-order valence-electron chi connectivity index (χ0n) is 27.7. The van der Waals surface area contributed by atoms with Crippen molar-refractivity contribution in [3.8, 4) is 11.3 Å². The molecule has 2 aromatic rings. The molecular weight excluding hydrogens is 662 g/mol. The Labute approximate surface area is 288 Å². The number of nitrogens with two attached hydrogens (primary N) is 1. The summed E-state index contributed by atoms with van der Waals surface area (Å²) in [5.74, 6) is -4.52. The predicted molar refractivity (Wildman–Crippen MR) is 176 cm³/mol. The van der Waals surface area contributed by atoms with E-state index in [-0.39, 0.29) is 25.3 Å². The lowest BCUT2D eigenvalue weighted by atomic mass is 10.1. The number of amides is 3. The highest BCUT2D eigenvalue weighted by Crippen LogP contribution is 2.17. The molecule has 0 unspecified atom stereocenters. The number of unbranched alkanes of at least 4 members (excludes halogenated alkanes) is 1. The van der Waals surface area contributed by atoms with Crippen molar-refractivity contribution in [3.63, 3.8) is 0 Å². The number of carboxylic acid groups (broad SMARTS) is 3. The molecule has 1 heterocycles. The molecule has 1 aromatic carbocycles. The summed E-state index contributed by atoms with van der Waals surface area (Å²) in [5.41, 5.74) is 6.62. The number of aliphatic imine (C=N–C) groups is 1. The number of hydrogen-bond acceptors (Lipinski definition) is 12. The Balaban J connectivity index is 1.66. The van der Waals surface area contributed by atoms with Gasteiger partial charge in [-0.2, -0.15) is 4.99 Å². The average molecular weight is 708 g/mol. The second kappa shape index (κ2) is 24.3. The van der Waals surface area contributed by atoms with Crippen molar-refractivity contribution in [1.82, 2.24) is 25.6 Å². The number of urea groups is 1. The fourth-order valence-corrected chi connectivity index (χ4v) is 4.10. The van der Waals surface area contributed by atoms with Gasteiger partial charge in [-0.1, -0.05) is 17.3 Å². The first-order valence-electron chi connectivity index (χ1n) is 16.0. The molecule has 0 aliphatic rings. The Morgan fingerprint density at radius 2 is 1.46 bits per heavy atom. The SMILES string of the molecule is NCCOCCOCCOCCOCCn1cc(-c2ccc(C(=O)NCCCC/C(=N\C(=O)N[C@@H](CCC(=O)O)C(=O)O)C(=O)O)cc2)nn1. The second-order valence-corrected chi connectivity index (χ2v) is 10.5. The number of rotatable bonds is 27. The van der Waals surface area contributed by atoms with Crippen molar-refractivity contribution in [2.45, 2.75) is 44.7 Å². The van der Waals surface area contributed by atoms with Gasteiger partial charge < -0.3 is 50.6 Å². The van der Waals surface area contributed by atoms with Crippen LogP contribution in [0.25, 0.3) is 11.3 Å². The molecule has 2 rings (SSSR count). The van der Waals surface area contributed by atoms with Crippen LogP contribution in [0.15, 0.2) is 35.5 Å². The minimum absolute atomic E-state index is 0.120. The lowest BCUT2D eigenvalue weighted by Crippen LogP contribution is -2.40. The van der Waals surface area contributed by atoms with Gasteiger partial charge in [0.05, 0.1) is 65.6 Å². The van der Waals surface area contributed by atoms with Crippen LogP contribution in [0.4, 0.5) is 4.79 Å². The summed E-state index contributed by atoms with van der Waals surface area (Å²) in [6, 6.07) is 4.03. The van der Waals surface area contributed by atoms with Gasteiger partial charge in [0.25, 0.3) is 5.91 Å². The third kappa shape index (κ3) is 17.5. The van der Waals surface area contributed by atoms with E-state index in [1.807, 2.05) is 5.32 Å². The molecule has 0 spiro atoms. The van der Waals surface area contributed by atoms with Gasteiger partial charge in [-0.25, -0.2) is 19.1 Å². The van der Waals surface area contributed by atoms with Crippen LogP contribution >= 0.6 is 0 Å². The number of aliphatic carboxylic acids is 3. The summed E-state index contributed by atoms with van der Waals surface area (Å²) in [4.78, 5) is 61.4. The number of benzene rings is 1. The van der Waals surface area contributed by atoms with Crippen molar-refractivity contribution in [2.24, 2.45) is 10.7 Å². The van der Waals surface area contributed by atoms with Crippen LogP contribution in [0.1, 0.15) is 42.5 Å². The van der Waals surface area contributed by atoms with E-state index in [9.17, 15) is 29.1 Å². The maximum Gasteiger partial charge on any atom is 0.350 e. The Morgan fingerprint density at radius 3 is 2.04 bits per heavy atom. The van der Waals surface area contributed by atoms with Gasteiger partial charge in [-0.3, -0.25) is 9.59 Å². The third-order valence-electron chi connectivity index (χ3n) is 6.68. The maximum atomic E-state index is 12.6. The number of carboxylic acids is 3. The minimum Gasteiger partial charge on any atom is -0.481 e. The smallest absolute Gasteiger partial charge is 0.350 e. The first-order valence-corrected chi connectivity index (χ1v) is 16.0. The summed E-state index contributed by atoms with van der Waals surface area (Å²) in [7, 11) is 0. The molecule has 0 aliphatic heterocycles. The number of nitrogens with one attached hydrogen (secondary N) is 2. The summed E-state index contributed by atoms with van der Waals surface area (Å²) in [6.07, 6.45) is 1.38. The summed E-state index contributed by atoms with van der Waals surface area (Å²) in [5, 5.41) is 40.2. The molecule has 0 aliphatic carbocycles. The van der Waals surface area contributed by atoms with Gasteiger partial charge in [0.1, 0.15) is 17.4 Å². The standard InChI is InChI=1S/C31H45N7O12/c32-10-13-47-15-17-49-19-20-50-18-16-48-14-12-38-21-26(36-37-38)22-4-6-23(7-5-22)28(41)33-11-2-1-3-24(29(42)43)34-31(46)35-25(30(44)45)8-9-27(39)40/h4-7,21,25H,1-3,8-20,32H2,(H,33,41)(H,35,46)(H,39,40)(H,42,43)(H,44,45)/b34-24+/t25-/m0/s1. The van der Waals surface area contributed by atoms with E-state index in [1.54, 1.807) is 35.1 Å². The normalized spacial score (nSPS) is 12.0. The zero-order valence-corrected chi connectivity index (χ0v) is 27.7. The summed E-state index contributed by atoms with van der Waals surface area (Å²) >= 11 is 0. The molecule has 0 saturated carbocycles. The van der Waals surface area contributed by atoms with Crippen molar-refractivity contribution in [3.05, 3.63) is 36.0 Å². The van der Waals surface area contributed by atoms with E-state index in [0.29, 0.717) is 83.6 Å². The van der Waals surface area contributed by atoms with Crippen molar-refractivity contribution in [1.29, 1.82) is 0 Å². The van der Waals surface area contributed by atoms with Crippen molar-refractivity contribution in [2.75, 3.05) is 65.9 Å². The quantitative estimate of drug-likeness (QED) is 0.0542. The molecule has 276 valence electrons. The molecule has 0 saturated heterocycles. The molecule has 7 N–H and O–H groups in total. The lowest BCUT2D eigenvalue weighted by Gasteiger charge is -2.11. The topological polar surface area (TPSA) is 276 Å². The molecule has 3 amide bonds. The monoisotopic (exact) mass is 707 g/mol. The van der Waals surface area contributed by atoms with E-state index in [0.717, 1.165) is 5.56 Å². The lowest BCUT2D eigenvalue weighted by molar-refractivity contribution is -0.140. The van der Waals surface area contributed by atoms with Gasteiger partial charge in [-0.15, -0.1) is 5.10 Å². The van der Waals surface area contributed by atoms with Crippen LogP contribution in [0, 0.1) is 0 Å². The van der Waals surface area contributed by atoms with Gasteiger partial charge in [-0.05, 0) is 37.8 Å². The third-order valence-corrected chi connectivity index (χ3v) is 6.68. The van der Waals surface area contributed by atoms with Gasteiger partial charge in [0.2, 0.25) is 0 Å². The molecular formula is C31H45N7O12. The van der Waals surface area contributed by atoms with Crippen LogP contribution in [0.2, 0.25) is 0 Å². The number of nitrogens with zero attached hydrogens (tertiary/aromatic N) is 4. The van der Waals surface area contributed by atoms with Gasteiger partial charge in [0.15, 0.2) is 0 Å². The van der Waals surface area contributed by atoms with Crippen molar-refractivity contribution >= 4 is 35.6 Å². The van der Waals surface area contributed by atoms with Crippen LogP contribution in [0.3, 0.4) is 0 Å². The molecule has 19 nitrogen and oxygen atoms in total. The molecule has 0 bridgehead atoms. The molecule has 1 aromatic heterocycles. The Bertz CT molecular complexity index is 1380. The van der Waals surface area contributed by atoms with E-state index in [1.165, 1.54) is 0 Å². The van der Waals surface area contributed by atoms with Gasteiger partial charge in [0, 0.05) is 30.6 Å². The molecule has 1 atom stereocenters. The first-order chi connectivity index (χ1) is 24.1. The first kappa shape index (κ1) is 41.4. The highest BCUT2D eigenvalue weighted by Gasteiger charge is 2.22. The number of carbonyl (C=O) groups is 5. The number of hydrogen-bond donors (Lipinski definition) is 6. The Kier molecular flexibility index (Phi) is 20.1. The largest absolute Gasteiger partial charge is 0.481 e. The minimum atomic E-state index is -1.53. The predicted octanol–water partition coefficient (Wildman–Crippen LogP) is 0.424. The maximum absolute atomic E-state index is 12.6. The summed E-state index contributed by atoms with van der Waals surface area (Å²) in [6.45, 7) is 4.93. The van der Waals surface area contributed by atoms with Crippen LogP contribution in [-0.2, 0) is 39.9 Å². The molecule has 50 heavy (non-hydrogen) atoms. The van der Waals surface area contributed by atoms with Crippen molar-refractivity contribution < 1.29 is 58.2 Å². The number of ether oxygens (including phenoxy) is 4. The Morgan fingerprint density at radius 1 is 0.840 bits per heavy atom. The fraction of sp³-hybridized carbons (Fsp3) is 0.548. The molecule has 0 fully saturated rings. The average Bonchev–Trinajstić information content (AvgIpc) is 3.56. The van der Waals surface area contributed by atoms with E-state index in [4.69, 9.17) is 34.9 Å². The zero-order chi connectivity index (χ0) is 36.6. The molecule has 19 heteroatoms. The number of carbonyl (C=O) groups excluding carboxylic acids is 2. The Hall–Kier alpha value is -4.82. The second-order valence-electron chi connectivity index (χ2n) is 10.5. The van der Waals surface area contributed by atoms with Crippen LogP contribution in [-0.4, -0.2) is 138 Å². The highest BCUT2D eigenvalue weighted by atomic mass is 16.6. The number of aromatic nitrogens is 3. The molecule has 0 radical (unpaired) electrons. The van der Waals surface area contributed by atoms with Crippen LogP contribution < -0.4 is 16.4 Å². The summed E-state index contributed by atoms with van der Waals surface area (Å²) < 4.78 is 23.3. The highest BCUT2D eigenvalue weighted by molar-refractivity contribution is 6.37. The van der Waals surface area contributed by atoms with E-state index in [2.05, 4.69) is 20.6 Å². The fourth-order valence-electron chi connectivity index (χ4n) is 4.10. The van der Waals surface area contributed by atoms with E-state index >= 15 is 0 Å². The van der Waals surface area contributed by atoms with E-state index < -0.39 is 48.5 Å². The van der Waals surface area contributed by atoms with Crippen LogP contribution in [0.5, 0.6) is 0 Å².